The fraction of sp³-hybridized carbons (Fsp3) is 0.286. The van der Waals surface area contributed by atoms with Gasteiger partial charge in [-0.1, -0.05) is 6.07 Å². The van der Waals surface area contributed by atoms with Crippen molar-refractivity contribution in [2.75, 3.05) is 26.1 Å². The smallest absolute Gasteiger partial charge is 0.357 e. The minimum absolute atomic E-state index is 0.0623. The Kier molecular flexibility index (Phi) is 4.99. The number of thiazole rings is 1. The lowest BCUT2D eigenvalue weighted by Crippen LogP contribution is -2.08. The molecule has 2 aromatic rings. The molecule has 7 heteroatoms. The van der Waals surface area contributed by atoms with Crippen molar-refractivity contribution in [3.05, 3.63) is 35.0 Å². The third-order valence-electron chi connectivity index (χ3n) is 2.92. The van der Waals surface area contributed by atoms with Crippen molar-refractivity contribution in [1.29, 1.82) is 0 Å². The van der Waals surface area contributed by atoms with Crippen molar-refractivity contribution in [3.8, 4) is 11.5 Å². The zero-order valence-corrected chi connectivity index (χ0v) is 12.6. The summed E-state index contributed by atoms with van der Waals surface area (Å²) in [5.74, 6) is 0.341. The number of ether oxygens (including phenoxy) is 2. The molecular formula is C14H16N2O4S. The van der Waals surface area contributed by atoms with Gasteiger partial charge in [-0.3, -0.25) is 0 Å². The lowest BCUT2D eigenvalue weighted by molar-refractivity contribution is 0.0692. The van der Waals surface area contributed by atoms with E-state index in [-0.39, 0.29) is 5.69 Å². The Morgan fingerprint density at radius 1 is 1.33 bits per heavy atom. The Balaban J connectivity index is 1.97. The van der Waals surface area contributed by atoms with Gasteiger partial charge in [0.15, 0.2) is 17.2 Å². The van der Waals surface area contributed by atoms with Crippen LogP contribution >= 0.6 is 11.3 Å². The molecule has 1 heterocycles. The zero-order chi connectivity index (χ0) is 15.2. The molecular weight excluding hydrogens is 292 g/mol. The predicted octanol–water partition coefficient (Wildman–Crippen LogP) is 2.51. The van der Waals surface area contributed by atoms with Crippen LogP contribution in [-0.2, 0) is 6.42 Å². The van der Waals surface area contributed by atoms with E-state index in [1.54, 1.807) is 14.2 Å². The van der Waals surface area contributed by atoms with Crippen LogP contribution in [0, 0.1) is 0 Å². The summed E-state index contributed by atoms with van der Waals surface area (Å²) in [6.07, 6.45) is 0.733. The van der Waals surface area contributed by atoms with Gasteiger partial charge in [-0.2, -0.15) is 0 Å². The molecule has 2 N–H and O–H groups in total. The molecule has 1 aromatic heterocycles. The van der Waals surface area contributed by atoms with E-state index >= 15 is 0 Å². The first kappa shape index (κ1) is 15.1. The van der Waals surface area contributed by atoms with Gasteiger partial charge in [-0.05, 0) is 24.1 Å². The Morgan fingerprint density at radius 2 is 2.10 bits per heavy atom. The number of aromatic carboxylic acids is 1. The summed E-state index contributed by atoms with van der Waals surface area (Å²) in [4.78, 5) is 14.8. The zero-order valence-electron chi connectivity index (χ0n) is 11.8. The summed E-state index contributed by atoms with van der Waals surface area (Å²) in [6.45, 7) is 0.609. The maximum absolute atomic E-state index is 10.9. The molecule has 0 bridgehead atoms. The Hall–Kier alpha value is -2.28. The van der Waals surface area contributed by atoms with E-state index < -0.39 is 5.97 Å². The average Bonchev–Trinajstić information content (AvgIpc) is 2.95. The number of nitrogens with one attached hydrogen (secondary N) is 1. The number of carbonyl (C=O) groups is 1. The summed E-state index contributed by atoms with van der Waals surface area (Å²) in [7, 11) is 3.19. The molecule has 0 atom stereocenters. The van der Waals surface area contributed by atoms with E-state index in [0.29, 0.717) is 23.0 Å². The highest BCUT2D eigenvalue weighted by atomic mass is 32.1. The monoisotopic (exact) mass is 308 g/mol. The second kappa shape index (κ2) is 6.94. The number of nitrogens with zero attached hydrogens (tertiary/aromatic N) is 1. The molecule has 0 unspecified atom stereocenters. The number of anilines is 1. The molecule has 0 fully saturated rings. The largest absolute Gasteiger partial charge is 0.493 e. The van der Waals surface area contributed by atoms with E-state index in [4.69, 9.17) is 14.6 Å². The van der Waals surface area contributed by atoms with Gasteiger partial charge in [-0.15, -0.1) is 11.3 Å². The summed E-state index contributed by atoms with van der Waals surface area (Å²) in [5, 5.41) is 12.6. The van der Waals surface area contributed by atoms with Crippen LogP contribution < -0.4 is 14.8 Å². The van der Waals surface area contributed by atoms with Gasteiger partial charge in [0.05, 0.1) is 19.7 Å². The summed E-state index contributed by atoms with van der Waals surface area (Å²) in [6, 6.07) is 5.71. The second-order valence-corrected chi connectivity index (χ2v) is 5.06. The van der Waals surface area contributed by atoms with Crippen LogP contribution in [0.15, 0.2) is 23.7 Å². The SMILES string of the molecule is COc1ccc(CCNc2scnc2C(=O)O)cc1OC. The fourth-order valence-corrected chi connectivity index (χ4v) is 2.58. The summed E-state index contributed by atoms with van der Waals surface area (Å²) >= 11 is 1.28. The van der Waals surface area contributed by atoms with Gasteiger partial charge in [0.25, 0.3) is 0 Å². The lowest BCUT2D eigenvalue weighted by Gasteiger charge is -2.10. The van der Waals surface area contributed by atoms with Crippen LogP contribution in [0.2, 0.25) is 0 Å². The Morgan fingerprint density at radius 3 is 2.76 bits per heavy atom. The van der Waals surface area contributed by atoms with Crippen LogP contribution in [0.4, 0.5) is 5.00 Å². The molecule has 0 amide bonds. The standard InChI is InChI=1S/C14H16N2O4S/c1-19-10-4-3-9(7-11(10)20-2)5-6-15-13-12(14(17)18)16-8-21-13/h3-4,7-8,15H,5-6H2,1-2H3,(H,17,18). The first-order chi connectivity index (χ1) is 10.2. The molecule has 0 saturated heterocycles. The van der Waals surface area contributed by atoms with Gasteiger partial charge in [0.1, 0.15) is 5.00 Å². The third kappa shape index (κ3) is 3.63. The fourth-order valence-electron chi connectivity index (χ4n) is 1.88. The highest BCUT2D eigenvalue weighted by Gasteiger charge is 2.12. The number of aromatic nitrogens is 1. The molecule has 112 valence electrons. The summed E-state index contributed by atoms with van der Waals surface area (Å²) < 4.78 is 10.4. The maximum atomic E-state index is 10.9. The van der Waals surface area contributed by atoms with Crippen molar-refractivity contribution in [2.45, 2.75) is 6.42 Å². The molecule has 0 radical (unpaired) electrons. The molecule has 0 aliphatic heterocycles. The van der Waals surface area contributed by atoms with Gasteiger partial charge in [0.2, 0.25) is 0 Å². The number of benzene rings is 1. The van der Waals surface area contributed by atoms with Gasteiger partial charge < -0.3 is 19.9 Å². The van der Waals surface area contributed by atoms with E-state index in [2.05, 4.69) is 10.3 Å². The maximum Gasteiger partial charge on any atom is 0.357 e. The highest BCUT2D eigenvalue weighted by molar-refractivity contribution is 7.14. The number of rotatable bonds is 7. The Bertz CT molecular complexity index is 627. The van der Waals surface area contributed by atoms with Gasteiger partial charge >= 0.3 is 5.97 Å². The second-order valence-electron chi connectivity index (χ2n) is 4.20. The van der Waals surface area contributed by atoms with Crippen LogP contribution in [0.5, 0.6) is 11.5 Å². The topological polar surface area (TPSA) is 80.7 Å². The van der Waals surface area contributed by atoms with Crippen molar-refractivity contribution in [3.63, 3.8) is 0 Å². The van der Waals surface area contributed by atoms with Gasteiger partial charge in [0, 0.05) is 6.54 Å². The molecule has 0 spiro atoms. The number of hydrogen-bond acceptors (Lipinski definition) is 6. The molecule has 0 aliphatic rings. The third-order valence-corrected chi connectivity index (χ3v) is 3.70. The van der Waals surface area contributed by atoms with Crippen molar-refractivity contribution in [2.24, 2.45) is 0 Å². The predicted molar refractivity (Wildman–Crippen MR) is 80.8 cm³/mol. The van der Waals surface area contributed by atoms with Crippen molar-refractivity contribution >= 4 is 22.3 Å². The first-order valence-corrected chi connectivity index (χ1v) is 7.15. The molecule has 1 aromatic carbocycles. The molecule has 0 aliphatic carbocycles. The number of carboxylic acids is 1. The minimum atomic E-state index is -1.02. The minimum Gasteiger partial charge on any atom is -0.493 e. The van der Waals surface area contributed by atoms with Crippen LogP contribution in [0.3, 0.4) is 0 Å². The highest BCUT2D eigenvalue weighted by Crippen LogP contribution is 2.28. The molecule has 0 saturated carbocycles. The van der Waals surface area contributed by atoms with E-state index in [1.807, 2.05) is 18.2 Å². The number of hydrogen-bond donors (Lipinski definition) is 2. The average molecular weight is 308 g/mol. The summed E-state index contributed by atoms with van der Waals surface area (Å²) in [5.41, 5.74) is 2.65. The van der Waals surface area contributed by atoms with Crippen LogP contribution in [-0.4, -0.2) is 36.8 Å². The van der Waals surface area contributed by atoms with E-state index in [1.165, 1.54) is 16.8 Å². The van der Waals surface area contributed by atoms with Crippen LogP contribution in [0.25, 0.3) is 0 Å². The Labute approximate surface area is 126 Å². The molecule has 21 heavy (non-hydrogen) atoms. The van der Waals surface area contributed by atoms with E-state index in [9.17, 15) is 4.79 Å². The number of carboxylic acid groups (broad SMARTS) is 1. The van der Waals surface area contributed by atoms with Crippen molar-refractivity contribution < 1.29 is 19.4 Å². The first-order valence-electron chi connectivity index (χ1n) is 6.27. The molecule has 6 nitrogen and oxygen atoms in total. The van der Waals surface area contributed by atoms with Crippen molar-refractivity contribution in [1.82, 2.24) is 4.98 Å². The molecule has 2 rings (SSSR count). The van der Waals surface area contributed by atoms with Gasteiger partial charge in [-0.25, -0.2) is 9.78 Å². The number of methoxy groups -OCH3 is 2. The van der Waals surface area contributed by atoms with E-state index in [0.717, 1.165) is 12.0 Å². The van der Waals surface area contributed by atoms with Crippen LogP contribution in [0.1, 0.15) is 16.1 Å². The quantitative estimate of drug-likeness (QED) is 0.818. The normalized spacial score (nSPS) is 10.2. The lowest BCUT2D eigenvalue weighted by atomic mass is 10.1.